The lowest BCUT2D eigenvalue weighted by Crippen LogP contribution is -2.55. The van der Waals surface area contributed by atoms with Crippen LogP contribution in [-0.2, 0) is 15.9 Å². The summed E-state index contributed by atoms with van der Waals surface area (Å²) < 4.78 is 11.6. The molecule has 0 spiro atoms. The van der Waals surface area contributed by atoms with Crippen LogP contribution < -0.4 is 5.73 Å². The summed E-state index contributed by atoms with van der Waals surface area (Å²) in [6, 6.07) is 8.62. The SMILES string of the molecule is COC1(C(N)CC2OCCc3ccccc32)CCC1. The van der Waals surface area contributed by atoms with Crippen molar-refractivity contribution < 1.29 is 9.47 Å². The maximum atomic E-state index is 6.41. The molecule has 1 aromatic rings. The van der Waals surface area contributed by atoms with Crippen molar-refractivity contribution in [1.29, 1.82) is 0 Å². The monoisotopic (exact) mass is 261 g/mol. The fourth-order valence-electron chi connectivity index (χ4n) is 3.37. The predicted octanol–water partition coefficient (Wildman–Crippen LogP) is 2.59. The normalized spacial score (nSPS) is 26.3. The van der Waals surface area contributed by atoms with Gasteiger partial charge >= 0.3 is 0 Å². The minimum absolute atomic E-state index is 0.0578. The summed E-state index contributed by atoms with van der Waals surface area (Å²) >= 11 is 0. The summed E-state index contributed by atoms with van der Waals surface area (Å²) in [5.41, 5.74) is 9.03. The van der Waals surface area contributed by atoms with Gasteiger partial charge in [-0.05, 0) is 43.2 Å². The number of hydrogen-bond donors (Lipinski definition) is 1. The molecule has 2 aliphatic rings. The molecule has 0 saturated heterocycles. The van der Waals surface area contributed by atoms with Crippen molar-refractivity contribution in [3.63, 3.8) is 0 Å². The van der Waals surface area contributed by atoms with Crippen LogP contribution in [0.4, 0.5) is 0 Å². The average molecular weight is 261 g/mol. The van der Waals surface area contributed by atoms with Gasteiger partial charge in [0.15, 0.2) is 0 Å². The van der Waals surface area contributed by atoms with Crippen LogP contribution in [0.1, 0.15) is 42.9 Å². The first kappa shape index (κ1) is 13.1. The number of rotatable bonds is 4. The molecule has 1 aromatic carbocycles. The van der Waals surface area contributed by atoms with Gasteiger partial charge in [-0.3, -0.25) is 0 Å². The molecule has 0 amide bonds. The van der Waals surface area contributed by atoms with E-state index in [1.165, 1.54) is 17.5 Å². The molecule has 19 heavy (non-hydrogen) atoms. The lowest BCUT2D eigenvalue weighted by atomic mass is 9.72. The first-order valence-electron chi connectivity index (χ1n) is 7.25. The van der Waals surface area contributed by atoms with E-state index < -0.39 is 0 Å². The maximum Gasteiger partial charge on any atom is 0.0843 e. The Morgan fingerprint density at radius 1 is 1.42 bits per heavy atom. The van der Waals surface area contributed by atoms with Gasteiger partial charge in [-0.15, -0.1) is 0 Å². The van der Waals surface area contributed by atoms with Gasteiger partial charge in [-0.1, -0.05) is 24.3 Å². The molecule has 0 bridgehead atoms. The summed E-state index contributed by atoms with van der Waals surface area (Å²) in [7, 11) is 1.79. The van der Waals surface area contributed by atoms with Crippen LogP contribution in [0.3, 0.4) is 0 Å². The third kappa shape index (κ3) is 2.31. The van der Waals surface area contributed by atoms with E-state index in [1.54, 1.807) is 7.11 Å². The van der Waals surface area contributed by atoms with Crippen molar-refractivity contribution in [1.82, 2.24) is 0 Å². The highest BCUT2D eigenvalue weighted by atomic mass is 16.5. The molecule has 3 heteroatoms. The largest absolute Gasteiger partial charge is 0.377 e. The number of ether oxygens (including phenoxy) is 2. The van der Waals surface area contributed by atoms with Crippen LogP contribution in [0.25, 0.3) is 0 Å². The molecule has 104 valence electrons. The lowest BCUT2D eigenvalue weighted by Gasteiger charge is -2.46. The second-order valence-electron chi connectivity index (χ2n) is 5.77. The van der Waals surface area contributed by atoms with Crippen molar-refractivity contribution in [2.24, 2.45) is 5.73 Å². The van der Waals surface area contributed by atoms with Crippen molar-refractivity contribution >= 4 is 0 Å². The summed E-state index contributed by atoms with van der Waals surface area (Å²) in [6.45, 7) is 0.800. The van der Waals surface area contributed by atoms with Gasteiger partial charge in [0.1, 0.15) is 0 Å². The van der Waals surface area contributed by atoms with Crippen LogP contribution in [0.2, 0.25) is 0 Å². The molecule has 2 atom stereocenters. The van der Waals surface area contributed by atoms with Crippen LogP contribution in [-0.4, -0.2) is 25.4 Å². The van der Waals surface area contributed by atoms with Gasteiger partial charge < -0.3 is 15.2 Å². The summed E-state index contributed by atoms with van der Waals surface area (Å²) in [5.74, 6) is 0. The second-order valence-corrected chi connectivity index (χ2v) is 5.77. The Morgan fingerprint density at radius 2 is 2.21 bits per heavy atom. The van der Waals surface area contributed by atoms with E-state index in [4.69, 9.17) is 15.2 Å². The van der Waals surface area contributed by atoms with Crippen LogP contribution in [0.5, 0.6) is 0 Å². The Labute approximate surface area is 115 Å². The summed E-state index contributed by atoms with van der Waals surface area (Å²) in [5, 5.41) is 0. The Hall–Kier alpha value is -0.900. The Morgan fingerprint density at radius 3 is 2.89 bits per heavy atom. The highest BCUT2D eigenvalue weighted by molar-refractivity contribution is 5.31. The molecule has 0 radical (unpaired) electrons. The number of nitrogens with two attached hydrogens (primary N) is 1. The molecule has 1 fully saturated rings. The first-order valence-corrected chi connectivity index (χ1v) is 7.25. The Bertz CT molecular complexity index is 437. The topological polar surface area (TPSA) is 44.5 Å². The van der Waals surface area contributed by atoms with Crippen molar-refractivity contribution in [2.75, 3.05) is 13.7 Å². The number of fused-ring (bicyclic) bond motifs is 1. The van der Waals surface area contributed by atoms with E-state index in [0.29, 0.717) is 0 Å². The van der Waals surface area contributed by atoms with E-state index in [1.807, 2.05) is 0 Å². The predicted molar refractivity (Wildman–Crippen MR) is 75.0 cm³/mol. The lowest BCUT2D eigenvalue weighted by molar-refractivity contribution is -0.102. The van der Waals surface area contributed by atoms with Gasteiger partial charge in [-0.25, -0.2) is 0 Å². The van der Waals surface area contributed by atoms with Crippen LogP contribution >= 0.6 is 0 Å². The molecule has 2 N–H and O–H groups in total. The molecule has 1 aliphatic carbocycles. The zero-order valence-electron chi connectivity index (χ0n) is 11.6. The minimum atomic E-state index is -0.101. The first-order chi connectivity index (χ1) is 9.25. The highest BCUT2D eigenvalue weighted by Gasteiger charge is 2.43. The smallest absolute Gasteiger partial charge is 0.0843 e. The van der Waals surface area contributed by atoms with Gasteiger partial charge in [0.2, 0.25) is 0 Å². The van der Waals surface area contributed by atoms with Crippen molar-refractivity contribution in [3.8, 4) is 0 Å². The molecular formula is C16H23NO2. The van der Waals surface area contributed by atoms with E-state index >= 15 is 0 Å². The van der Waals surface area contributed by atoms with E-state index in [-0.39, 0.29) is 17.7 Å². The highest BCUT2D eigenvalue weighted by Crippen LogP contribution is 2.41. The molecule has 0 aromatic heterocycles. The van der Waals surface area contributed by atoms with Crippen LogP contribution in [0, 0.1) is 0 Å². The zero-order chi connectivity index (χ0) is 13.3. The third-order valence-corrected chi connectivity index (χ3v) is 4.84. The number of hydrogen-bond acceptors (Lipinski definition) is 3. The fourth-order valence-corrected chi connectivity index (χ4v) is 3.37. The van der Waals surface area contributed by atoms with Gasteiger partial charge in [0.05, 0.1) is 18.3 Å². The summed E-state index contributed by atoms with van der Waals surface area (Å²) in [6.07, 6.45) is 5.39. The molecular weight excluding hydrogens is 238 g/mol. The second kappa shape index (κ2) is 5.23. The maximum absolute atomic E-state index is 6.41. The molecule has 1 heterocycles. The Kier molecular flexibility index (Phi) is 3.61. The van der Waals surface area contributed by atoms with Crippen LogP contribution in [0.15, 0.2) is 24.3 Å². The number of benzene rings is 1. The Balaban J connectivity index is 1.74. The van der Waals surface area contributed by atoms with Gasteiger partial charge in [0.25, 0.3) is 0 Å². The van der Waals surface area contributed by atoms with E-state index in [0.717, 1.165) is 32.3 Å². The molecule has 2 unspecified atom stereocenters. The van der Waals surface area contributed by atoms with Gasteiger partial charge in [-0.2, -0.15) is 0 Å². The molecule has 3 rings (SSSR count). The van der Waals surface area contributed by atoms with E-state index in [2.05, 4.69) is 24.3 Å². The molecule has 3 nitrogen and oxygen atoms in total. The quantitative estimate of drug-likeness (QED) is 0.906. The number of methoxy groups -OCH3 is 1. The van der Waals surface area contributed by atoms with Gasteiger partial charge in [0, 0.05) is 13.2 Å². The zero-order valence-corrected chi connectivity index (χ0v) is 11.6. The fraction of sp³-hybridized carbons (Fsp3) is 0.625. The average Bonchev–Trinajstić information content (AvgIpc) is 2.38. The standard InChI is InChI=1S/C16H23NO2/c1-18-16(8-4-9-16)15(17)11-14-13-6-3-2-5-12(13)7-10-19-14/h2-3,5-6,14-15H,4,7-11,17H2,1H3. The van der Waals surface area contributed by atoms with Crippen molar-refractivity contribution in [2.45, 2.75) is 49.9 Å². The van der Waals surface area contributed by atoms with Crippen molar-refractivity contribution in [3.05, 3.63) is 35.4 Å². The molecule has 1 saturated carbocycles. The van der Waals surface area contributed by atoms with E-state index in [9.17, 15) is 0 Å². The minimum Gasteiger partial charge on any atom is -0.377 e. The summed E-state index contributed by atoms with van der Waals surface area (Å²) in [4.78, 5) is 0. The third-order valence-electron chi connectivity index (χ3n) is 4.84. The molecule has 1 aliphatic heterocycles.